The molecule has 0 aliphatic carbocycles. The third kappa shape index (κ3) is 4.83. The van der Waals surface area contributed by atoms with Crippen LogP contribution in [0.15, 0.2) is 30.3 Å². The number of nitrogens with one attached hydrogen (secondary N) is 1. The molecule has 27 heavy (non-hydrogen) atoms. The van der Waals surface area contributed by atoms with Gasteiger partial charge >= 0.3 is 5.97 Å². The lowest BCUT2D eigenvalue weighted by atomic mass is 10.1. The third-order valence-corrected chi connectivity index (χ3v) is 4.07. The highest BCUT2D eigenvalue weighted by Crippen LogP contribution is 2.38. The molecule has 0 heterocycles. The standard InChI is InChI=1S/C19H20ClNO6/c1-24-15-7-11(8-16(25-2)18(15)26-3)9-17(22)21-12-5-6-14(20)13(10-12)19(23)27-4/h5-8,10H,9H2,1-4H3,(H,21,22). The SMILES string of the molecule is COC(=O)c1cc(NC(=O)Cc2cc(OC)c(OC)c(OC)c2)ccc1Cl. The Balaban J connectivity index is 2.20. The van der Waals surface area contributed by atoms with Gasteiger partial charge in [0.1, 0.15) is 0 Å². The van der Waals surface area contributed by atoms with Gasteiger partial charge in [0.2, 0.25) is 11.7 Å². The summed E-state index contributed by atoms with van der Waals surface area (Å²) in [6.07, 6.45) is 0.0624. The van der Waals surface area contributed by atoms with Gasteiger partial charge in [0, 0.05) is 5.69 Å². The lowest BCUT2D eigenvalue weighted by Crippen LogP contribution is -2.15. The number of halogens is 1. The molecule has 8 heteroatoms. The molecular formula is C19H20ClNO6. The van der Waals surface area contributed by atoms with Gasteiger partial charge in [0.25, 0.3) is 0 Å². The van der Waals surface area contributed by atoms with E-state index in [1.54, 1.807) is 18.2 Å². The van der Waals surface area contributed by atoms with Gasteiger partial charge in [-0.25, -0.2) is 4.79 Å². The highest BCUT2D eigenvalue weighted by Gasteiger charge is 2.16. The first-order valence-electron chi connectivity index (χ1n) is 7.90. The second kappa shape index (κ2) is 9.14. The molecule has 0 aromatic heterocycles. The maximum Gasteiger partial charge on any atom is 0.339 e. The van der Waals surface area contributed by atoms with Crippen LogP contribution in [0.3, 0.4) is 0 Å². The Hall–Kier alpha value is -2.93. The normalized spacial score (nSPS) is 10.1. The monoisotopic (exact) mass is 393 g/mol. The quantitative estimate of drug-likeness (QED) is 0.726. The Morgan fingerprint density at radius 1 is 0.963 bits per heavy atom. The largest absolute Gasteiger partial charge is 0.493 e. The van der Waals surface area contributed by atoms with E-state index in [1.807, 2.05) is 0 Å². The van der Waals surface area contributed by atoms with Crippen LogP contribution in [-0.2, 0) is 16.0 Å². The minimum atomic E-state index is -0.583. The Bertz CT molecular complexity index is 827. The summed E-state index contributed by atoms with van der Waals surface area (Å²) in [5.41, 5.74) is 1.27. The first kappa shape index (κ1) is 20.4. The van der Waals surface area contributed by atoms with E-state index < -0.39 is 5.97 Å². The lowest BCUT2D eigenvalue weighted by Gasteiger charge is -2.14. The van der Waals surface area contributed by atoms with E-state index in [4.69, 9.17) is 25.8 Å². The van der Waals surface area contributed by atoms with Crippen molar-refractivity contribution >= 4 is 29.2 Å². The molecule has 7 nitrogen and oxygen atoms in total. The zero-order valence-corrected chi connectivity index (χ0v) is 16.2. The van der Waals surface area contributed by atoms with Crippen molar-refractivity contribution in [2.45, 2.75) is 6.42 Å². The molecule has 0 aliphatic rings. The summed E-state index contributed by atoms with van der Waals surface area (Å²) in [7, 11) is 5.77. The van der Waals surface area contributed by atoms with Crippen LogP contribution in [0.4, 0.5) is 5.69 Å². The van der Waals surface area contributed by atoms with Crippen molar-refractivity contribution in [3.63, 3.8) is 0 Å². The first-order chi connectivity index (χ1) is 12.9. The number of carbonyl (C=O) groups is 2. The molecule has 0 spiro atoms. The van der Waals surface area contributed by atoms with Gasteiger partial charge in [-0.15, -0.1) is 0 Å². The average molecular weight is 394 g/mol. The van der Waals surface area contributed by atoms with Crippen molar-refractivity contribution in [1.82, 2.24) is 0 Å². The van der Waals surface area contributed by atoms with Crippen molar-refractivity contribution in [1.29, 1.82) is 0 Å². The number of benzene rings is 2. The molecule has 2 aromatic rings. The molecule has 2 rings (SSSR count). The Morgan fingerprint density at radius 3 is 2.11 bits per heavy atom. The maximum atomic E-state index is 12.4. The van der Waals surface area contributed by atoms with Crippen molar-refractivity contribution in [2.75, 3.05) is 33.8 Å². The Kier molecular flexibility index (Phi) is 6.90. The predicted octanol–water partition coefficient (Wildman–Crippen LogP) is 3.33. The fourth-order valence-electron chi connectivity index (χ4n) is 2.50. The molecule has 2 aromatic carbocycles. The van der Waals surface area contributed by atoms with Gasteiger partial charge in [-0.05, 0) is 35.9 Å². The van der Waals surface area contributed by atoms with Gasteiger partial charge in [0.05, 0.1) is 45.4 Å². The van der Waals surface area contributed by atoms with Gasteiger partial charge in [0.15, 0.2) is 11.5 Å². The average Bonchev–Trinajstić information content (AvgIpc) is 2.67. The van der Waals surface area contributed by atoms with Gasteiger partial charge in [-0.1, -0.05) is 11.6 Å². The third-order valence-electron chi connectivity index (χ3n) is 3.74. The molecule has 0 bridgehead atoms. The summed E-state index contributed by atoms with van der Waals surface area (Å²) >= 11 is 5.98. The molecule has 144 valence electrons. The summed E-state index contributed by atoms with van der Waals surface area (Å²) in [6.45, 7) is 0. The number of hydrogen-bond donors (Lipinski definition) is 1. The second-order valence-corrected chi connectivity index (χ2v) is 5.85. The zero-order valence-electron chi connectivity index (χ0n) is 15.4. The molecule has 0 atom stereocenters. The number of methoxy groups -OCH3 is 4. The van der Waals surface area contributed by atoms with E-state index >= 15 is 0 Å². The van der Waals surface area contributed by atoms with Crippen molar-refractivity contribution < 1.29 is 28.5 Å². The molecule has 0 fully saturated rings. The summed E-state index contributed by atoms with van der Waals surface area (Å²) in [4.78, 5) is 24.1. The van der Waals surface area contributed by atoms with Crippen molar-refractivity contribution in [3.05, 3.63) is 46.5 Å². The van der Waals surface area contributed by atoms with Gasteiger partial charge in [-0.3, -0.25) is 4.79 Å². The van der Waals surface area contributed by atoms with Crippen LogP contribution in [0.5, 0.6) is 17.2 Å². The van der Waals surface area contributed by atoms with E-state index in [9.17, 15) is 9.59 Å². The van der Waals surface area contributed by atoms with Crippen molar-refractivity contribution in [2.24, 2.45) is 0 Å². The van der Waals surface area contributed by atoms with E-state index in [-0.39, 0.29) is 22.9 Å². The van der Waals surface area contributed by atoms with Crippen LogP contribution in [0.25, 0.3) is 0 Å². The van der Waals surface area contributed by atoms with E-state index in [0.717, 1.165) is 0 Å². The second-order valence-electron chi connectivity index (χ2n) is 5.44. The van der Waals surface area contributed by atoms with Crippen LogP contribution >= 0.6 is 11.6 Å². The maximum absolute atomic E-state index is 12.4. The fourth-order valence-corrected chi connectivity index (χ4v) is 2.69. The van der Waals surface area contributed by atoms with Crippen molar-refractivity contribution in [3.8, 4) is 17.2 Å². The number of rotatable bonds is 7. The van der Waals surface area contributed by atoms with Gasteiger partial charge in [-0.2, -0.15) is 0 Å². The molecular weight excluding hydrogens is 374 g/mol. The highest BCUT2D eigenvalue weighted by molar-refractivity contribution is 6.33. The Morgan fingerprint density at radius 2 is 1.59 bits per heavy atom. The summed E-state index contributed by atoms with van der Waals surface area (Å²) < 4.78 is 20.5. The molecule has 0 aliphatic heterocycles. The van der Waals surface area contributed by atoms with Crippen LogP contribution in [0, 0.1) is 0 Å². The summed E-state index contributed by atoms with van der Waals surface area (Å²) in [5.74, 6) is 0.492. The molecule has 0 saturated heterocycles. The Labute approximate surface area is 162 Å². The number of amides is 1. The molecule has 0 unspecified atom stereocenters. The number of anilines is 1. The molecule has 1 amide bonds. The predicted molar refractivity (Wildman–Crippen MR) is 101 cm³/mol. The van der Waals surface area contributed by atoms with Crippen LogP contribution in [-0.4, -0.2) is 40.3 Å². The molecule has 0 saturated carbocycles. The minimum Gasteiger partial charge on any atom is -0.493 e. The minimum absolute atomic E-state index is 0.0624. The van der Waals surface area contributed by atoms with E-state index in [0.29, 0.717) is 28.5 Å². The lowest BCUT2D eigenvalue weighted by molar-refractivity contribution is -0.115. The fraction of sp³-hybridized carbons (Fsp3) is 0.263. The van der Waals surface area contributed by atoms with Crippen LogP contribution in [0.1, 0.15) is 15.9 Å². The smallest absolute Gasteiger partial charge is 0.339 e. The number of carbonyl (C=O) groups excluding carboxylic acids is 2. The first-order valence-corrected chi connectivity index (χ1v) is 8.27. The zero-order chi connectivity index (χ0) is 20.0. The topological polar surface area (TPSA) is 83.1 Å². The number of hydrogen-bond acceptors (Lipinski definition) is 6. The summed E-state index contributed by atoms with van der Waals surface area (Å²) in [5, 5.41) is 2.96. The summed E-state index contributed by atoms with van der Waals surface area (Å²) in [6, 6.07) is 7.97. The van der Waals surface area contributed by atoms with Crippen LogP contribution in [0.2, 0.25) is 5.02 Å². The molecule has 0 radical (unpaired) electrons. The van der Waals surface area contributed by atoms with E-state index in [1.165, 1.54) is 40.6 Å². The van der Waals surface area contributed by atoms with Gasteiger partial charge < -0.3 is 24.3 Å². The highest BCUT2D eigenvalue weighted by atomic mass is 35.5. The number of ether oxygens (including phenoxy) is 4. The van der Waals surface area contributed by atoms with E-state index in [2.05, 4.69) is 10.1 Å². The number of esters is 1. The van der Waals surface area contributed by atoms with Crippen LogP contribution < -0.4 is 19.5 Å². The molecule has 1 N–H and O–H groups in total.